The van der Waals surface area contributed by atoms with Crippen molar-refractivity contribution in [2.75, 3.05) is 6.61 Å². The number of amides is 1. The molecule has 0 aliphatic heterocycles. The van der Waals surface area contributed by atoms with E-state index >= 15 is 0 Å². The van der Waals surface area contributed by atoms with Crippen molar-refractivity contribution in [3.63, 3.8) is 0 Å². The fourth-order valence-corrected chi connectivity index (χ4v) is 1.91. The molecule has 100 valence electrons. The lowest BCUT2D eigenvalue weighted by Crippen LogP contribution is -2.43. The van der Waals surface area contributed by atoms with E-state index < -0.39 is 24.5 Å². The van der Waals surface area contributed by atoms with Crippen LogP contribution in [0.25, 0.3) is 0 Å². The van der Waals surface area contributed by atoms with Gasteiger partial charge in [-0.2, -0.15) is 0 Å². The van der Waals surface area contributed by atoms with Crippen LogP contribution in [-0.2, 0) is 4.79 Å². The number of aromatic nitrogens is 1. The second-order valence-electron chi connectivity index (χ2n) is 4.09. The summed E-state index contributed by atoms with van der Waals surface area (Å²) in [5.74, 6) is -1.80. The highest BCUT2D eigenvalue weighted by atomic mass is 79.9. The van der Waals surface area contributed by atoms with Gasteiger partial charge < -0.3 is 20.1 Å². The lowest BCUT2D eigenvalue weighted by atomic mass is 10.3. The Morgan fingerprint density at radius 2 is 2.11 bits per heavy atom. The van der Waals surface area contributed by atoms with Crippen molar-refractivity contribution < 1.29 is 19.8 Å². The molecule has 0 saturated carbocycles. The van der Waals surface area contributed by atoms with Gasteiger partial charge in [-0.15, -0.1) is 0 Å². The van der Waals surface area contributed by atoms with E-state index in [1.54, 1.807) is 16.8 Å². The van der Waals surface area contributed by atoms with Crippen LogP contribution in [0.3, 0.4) is 0 Å². The van der Waals surface area contributed by atoms with Gasteiger partial charge in [-0.05, 0) is 35.8 Å². The van der Waals surface area contributed by atoms with Crippen molar-refractivity contribution in [3.05, 3.63) is 22.4 Å². The average Bonchev–Trinajstić information content (AvgIpc) is 2.67. The van der Waals surface area contributed by atoms with Crippen molar-refractivity contribution >= 4 is 27.8 Å². The summed E-state index contributed by atoms with van der Waals surface area (Å²) in [7, 11) is 0. The quantitative estimate of drug-likeness (QED) is 0.755. The van der Waals surface area contributed by atoms with Gasteiger partial charge in [0.05, 0.1) is 6.61 Å². The van der Waals surface area contributed by atoms with Gasteiger partial charge in [0.2, 0.25) is 0 Å². The normalized spacial score (nSPS) is 12.5. The molecule has 0 fully saturated rings. The van der Waals surface area contributed by atoms with E-state index in [0.29, 0.717) is 5.69 Å². The molecule has 1 atom stereocenters. The number of halogens is 1. The Kier molecular flexibility index (Phi) is 4.92. The number of carbonyl (C=O) groups is 2. The zero-order valence-corrected chi connectivity index (χ0v) is 11.6. The zero-order chi connectivity index (χ0) is 13.9. The molecular formula is C11H15BrN2O4. The number of carboxylic acids is 1. The number of carbonyl (C=O) groups excluding carboxylic acids is 1. The van der Waals surface area contributed by atoms with Crippen molar-refractivity contribution in [2.24, 2.45) is 0 Å². The molecule has 3 N–H and O–H groups in total. The van der Waals surface area contributed by atoms with Gasteiger partial charge in [0, 0.05) is 16.7 Å². The number of hydrogen-bond acceptors (Lipinski definition) is 3. The molecule has 1 unspecified atom stereocenters. The Morgan fingerprint density at radius 1 is 1.50 bits per heavy atom. The third-order valence-electron chi connectivity index (χ3n) is 2.39. The van der Waals surface area contributed by atoms with Gasteiger partial charge in [-0.3, -0.25) is 4.79 Å². The second kappa shape index (κ2) is 6.01. The highest BCUT2D eigenvalue weighted by Gasteiger charge is 2.22. The molecule has 1 heterocycles. The van der Waals surface area contributed by atoms with E-state index in [0.717, 1.165) is 4.47 Å². The minimum Gasteiger partial charge on any atom is -0.480 e. The Balaban J connectivity index is 2.93. The lowest BCUT2D eigenvalue weighted by molar-refractivity contribution is -0.140. The van der Waals surface area contributed by atoms with Crippen molar-refractivity contribution in [1.82, 2.24) is 9.88 Å². The van der Waals surface area contributed by atoms with E-state index in [1.807, 2.05) is 13.8 Å². The number of nitrogens with zero attached hydrogens (tertiary/aromatic N) is 1. The number of rotatable bonds is 5. The first-order valence-electron chi connectivity index (χ1n) is 5.38. The Labute approximate surface area is 113 Å². The van der Waals surface area contributed by atoms with Gasteiger partial charge in [0.1, 0.15) is 5.69 Å². The van der Waals surface area contributed by atoms with Crippen LogP contribution in [0, 0.1) is 0 Å². The molecule has 0 bridgehead atoms. The van der Waals surface area contributed by atoms with Crippen LogP contribution in [0.2, 0.25) is 0 Å². The molecule has 18 heavy (non-hydrogen) atoms. The van der Waals surface area contributed by atoms with E-state index in [2.05, 4.69) is 21.2 Å². The SMILES string of the molecule is CC(C)n1cc(Br)cc1C(=O)NC(CO)C(=O)O. The Hall–Kier alpha value is -1.34. The lowest BCUT2D eigenvalue weighted by Gasteiger charge is -2.15. The number of hydrogen-bond donors (Lipinski definition) is 3. The summed E-state index contributed by atoms with van der Waals surface area (Å²) >= 11 is 3.27. The number of aliphatic hydroxyl groups excluding tert-OH is 1. The van der Waals surface area contributed by atoms with Gasteiger partial charge in [-0.1, -0.05) is 0 Å². The first-order chi connectivity index (χ1) is 8.36. The second-order valence-corrected chi connectivity index (χ2v) is 5.01. The van der Waals surface area contributed by atoms with Crippen LogP contribution >= 0.6 is 15.9 Å². The van der Waals surface area contributed by atoms with Crippen molar-refractivity contribution in [1.29, 1.82) is 0 Å². The van der Waals surface area contributed by atoms with Gasteiger partial charge in [0.25, 0.3) is 5.91 Å². The molecule has 1 rings (SSSR count). The minimum atomic E-state index is -1.30. The third-order valence-corrected chi connectivity index (χ3v) is 2.82. The molecule has 1 aromatic heterocycles. The Morgan fingerprint density at radius 3 is 2.56 bits per heavy atom. The number of aliphatic carboxylic acids is 1. The van der Waals surface area contributed by atoms with Gasteiger partial charge >= 0.3 is 5.97 Å². The molecule has 0 radical (unpaired) electrons. The van der Waals surface area contributed by atoms with Crippen molar-refractivity contribution in [3.8, 4) is 0 Å². The molecule has 0 spiro atoms. The summed E-state index contributed by atoms with van der Waals surface area (Å²) in [6.07, 6.45) is 1.74. The summed E-state index contributed by atoms with van der Waals surface area (Å²) in [4.78, 5) is 22.7. The van der Waals surface area contributed by atoms with E-state index in [4.69, 9.17) is 10.2 Å². The van der Waals surface area contributed by atoms with Crippen LogP contribution in [-0.4, -0.2) is 39.3 Å². The van der Waals surface area contributed by atoms with E-state index in [9.17, 15) is 9.59 Å². The maximum absolute atomic E-state index is 11.9. The smallest absolute Gasteiger partial charge is 0.328 e. The first-order valence-corrected chi connectivity index (χ1v) is 6.18. The summed E-state index contributed by atoms with van der Waals surface area (Å²) in [5.41, 5.74) is 0.344. The van der Waals surface area contributed by atoms with Crippen LogP contribution in [0.4, 0.5) is 0 Å². The predicted octanol–water partition coefficient (Wildman–Crippen LogP) is 1.01. The maximum atomic E-state index is 11.9. The molecule has 0 saturated heterocycles. The maximum Gasteiger partial charge on any atom is 0.328 e. The van der Waals surface area contributed by atoms with E-state index in [1.165, 1.54) is 0 Å². The van der Waals surface area contributed by atoms with Gasteiger partial charge in [0.15, 0.2) is 6.04 Å². The molecule has 1 aromatic rings. The average molecular weight is 319 g/mol. The molecule has 0 aromatic carbocycles. The monoisotopic (exact) mass is 318 g/mol. The number of carboxylic acid groups (broad SMARTS) is 1. The van der Waals surface area contributed by atoms with Crippen LogP contribution in [0.5, 0.6) is 0 Å². The zero-order valence-electron chi connectivity index (χ0n) is 10.1. The summed E-state index contributed by atoms with van der Waals surface area (Å²) in [6, 6.07) is 0.368. The fourth-order valence-electron chi connectivity index (χ4n) is 1.47. The van der Waals surface area contributed by atoms with Crippen LogP contribution in [0.15, 0.2) is 16.7 Å². The highest BCUT2D eigenvalue weighted by molar-refractivity contribution is 9.10. The van der Waals surface area contributed by atoms with Crippen LogP contribution in [0.1, 0.15) is 30.4 Å². The third kappa shape index (κ3) is 3.33. The molecule has 1 amide bonds. The number of nitrogens with one attached hydrogen (secondary N) is 1. The molecule has 6 nitrogen and oxygen atoms in total. The first kappa shape index (κ1) is 14.7. The summed E-state index contributed by atoms with van der Waals surface area (Å²) in [5, 5.41) is 19.9. The Bertz CT molecular complexity index is 456. The standard InChI is InChI=1S/C11H15BrN2O4/c1-6(2)14-4-7(12)3-9(14)10(16)13-8(5-15)11(17)18/h3-4,6,8,15H,5H2,1-2H3,(H,13,16)(H,17,18). The molecule has 0 aliphatic rings. The van der Waals surface area contributed by atoms with Crippen LogP contribution < -0.4 is 5.32 Å². The molecular weight excluding hydrogens is 304 g/mol. The topological polar surface area (TPSA) is 91.6 Å². The molecule has 7 heteroatoms. The summed E-state index contributed by atoms with van der Waals surface area (Å²) in [6.45, 7) is 3.17. The number of aliphatic hydroxyl groups is 1. The fraction of sp³-hybridized carbons (Fsp3) is 0.455. The molecule has 0 aliphatic carbocycles. The minimum absolute atomic E-state index is 0.0643. The van der Waals surface area contributed by atoms with E-state index in [-0.39, 0.29) is 6.04 Å². The van der Waals surface area contributed by atoms with Crippen molar-refractivity contribution in [2.45, 2.75) is 25.9 Å². The largest absolute Gasteiger partial charge is 0.480 e. The predicted molar refractivity (Wildman–Crippen MR) is 68.5 cm³/mol. The highest BCUT2D eigenvalue weighted by Crippen LogP contribution is 2.19. The summed E-state index contributed by atoms with van der Waals surface area (Å²) < 4.78 is 2.45. The van der Waals surface area contributed by atoms with Gasteiger partial charge in [-0.25, -0.2) is 4.79 Å².